The minimum Gasteiger partial charge on any atom is -0.464 e. The maximum absolute atomic E-state index is 12.9. The molecule has 0 spiro atoms. The first-order chi connectivity index (χ1) is 11.6. The van der Waals surface area contributed by atoms with E-state index in [4.69, 9.17) is 0 Å². The van der Waals surface area contributed by atoms with Crippen molar-refractivity contribution in [2.24, 2.45) is 7.05 Å². The second-order valence-corrected chi connectivity index (χ2v) is 5.62. The molecule has 12 heteroatoms. The number of aryl methyl sites for hydroxylation is 2. The maximum atomic E-state index is 12.9. The second-order valence-electron chi connectivity index (χ2n) is 4.83. The second kappa shape index (κ2) is 6.86. The van der Waals surface area contributed by atoms with Crippen molar-refractivity contribution in [1.82, 2.24) is 19.6 Å². The van der Waals surface area contributed by atoms with E-state index in [1.807, 2.05) is 0 Å². The number of nitrogens with one attached hydrogen (secondary N) is 1. The van der Waals surface area contributed by atoms with Crippen LogP contribution in [0.15, 0.2) is 10.7 Å². The number of amides is 1. The molecule has 0 aromatic carbocycles. The largest absolute Gasteiger partial charge is 0.464 e. The Balaban J connectivity index is 2.40. The third-order valence-electron chi connectivity index (χ3n) is 3.19. The van der Waals surface area contributed by atoms with Crippen molar-refractivity contribution < 1.29 is 27.5 Å². The molecule has 0 saturated heterocycles. The molecular formula is C13H13BrF3N5O3. The average Bonchev–Trinajstić information content (AvgIpc) is 3.06. The normalized spacial score (nSPS) is 11.5. The van der Waals surface area contributed by atoms with Crippen molar-refractivity contribution in [1.29, 1.82) is 0 Å². The van der Waals surface area contributed by atoms with Crippen LogP contribution in [0.5, 0.6) is 0 Å². The third-order valence-corrected chi connectivity index (χ3v) is 3.94. The quantitative estimate of drug-likeness (QED) is 0.762. The molecule has 2 aromatic rings. The summed E-state index contributed by atoms with van der Waals surface area (Å²) in [5, 5.41) is 9.62. The van der Waals surface area contributed by atoms with Crippen LogP contribution in [0.25, 0.3) is 0 Å². The number of aromatic nitrogens is 4. The lowest BCUT2D eigenvalue weighted by Gasteiger charge is -2.05. The Morgan fingerprint density at radius 2 is 2.00 bits per heavy atom. The van der Waals surface area contributed by atoms with Gasteiger partial charge in [-0.3, -0.25) is 14.2 Å². The van der Waals surface area contributed by atoms with Gasteiger partial charge in [-0.1, -0.05) is 0 Å². The van der Waals surface area contributed by atoms with Crippen molar-refractivity contribution in [2.45, 2.75) is 19.6 Å². The third kappa shape index (κ3) is 3.67. The van der Waals surface area contributed by atoms with Gasteiger partial charge in [0.15, 0.2) is 11.4 Å². The summed E-state index contributed by atoms with van der Waals surface area (Å²) in [6, 6.07) is 0. The molecule has 2 heterocycles. The molecule has 0 aliphatic carbocycles. The van der Waals surface area contributed by atoms with Gasteiger partial charge in [-0.15, -0.1) is 0 Å². The first-order valence-electron chi connectivity index (χ1n) is 6.86. The number of ether oxygens (including phenoxy) is 1. The van der Waals surface area contributed by atoms with Gasteiger partial charge >= 0.3 is 12.1 Å². The number of hydrogen-bond acceptors (Lipinski definition) is 5. The van der Waals surface area contributed by atoms with Crippen molar-refractivity contribution in [3.63, 3.8) is 0 Å². The van der Waals surface area contributed by atoms with Gasteiger partial charge < -0.3 is 10.1 Å². The smallest absolute Gasteiger partial charge is 0.436 e. The van der Waals surface area contributed by atoms with Crippen LogP contribution in [0.1, 0.15) is 33.6 Å². The molecule has 2 rings (SSSR count). The van der Waals surface area contributed by atoms with Gasteiger partial charge in [-0.05, 0) is 22.9 Å². The Kier molecular flexibility index (Phi) is 5.20. The lowest BCUT2D eigenvalue weighted by atomic mass is 10.3. The maximum Gasteiger partial charge on any atom is 0.436 e. The number of carbonyl (C=O) groups is 2. The summed E-state index contributed by atoms with van der Waals surface area (Å²) in [6.45, 7) is 2.17. The molecule has 0 aliphatic rings. The molecule has 0 unspecified atom stereocenters. The topological polar surface area (TPSA) is 91.0 Å². The lowest BCUT2D eigenvalue weighted by molar-refractivity contribution is -0.142. The number of hydrogen-bond donors (Lipinski definition) is 1. The lowest BCUT2D eigenvalue weighted by Crippen LogP contribution is -2.18. The summed E-state index contributed by atoms with van der Waals surface area (Å²) in [7, 11) is 2.35. The molecule has 25 heavy (non-hydrogen) atoms. The van der Waals surface area contributed by atoms with Gasteiger partial charge in [-0.25, -0.2) is 4.79 Å². The van der Waals surface area contributed by atoms with Gasteiger partial charge in [0, 0.05) is 19.8 Å². The van der Waals surface area contributed by atoms with E-state index in [-0.39, 0.29) is 17.1 Å². The Morgan fingerprint density at radius 3 is 2.48 bits per heavy atom. The molecule has 136 valence electrons. The summed E-state index contributed by atoms with van der Waals surface area (Å²) < 4.78 is 44.9. The monoisotopic (exact) mass is 423 g/mol. The molecule has 1 amide bonds. The molecule has 1 N–H and O–H groups in total. The average molecular weight is 424 g/mol. The minimum absolute atomic E-state index is 0.0142. The first-order valence-corrected chi connectivity index (χ1v) is 7.66. The van der Waals surface area contributed by atoms with Crippen LogP contribution in [-0.4, -0.2) is 38.5 Å². The number of alkyl halides is 3. The molecule has 0 aliphatic heterocycles. The molecule has 2 aromatic heterocycles. The summed E-state index contributed by atoms with van der Waals surface area (Å²) >= 11 is 2.76. The van der Waals surface area contributed by atoms with E-state index in [1.54, 1.807) is 6.92 Å². The first kappa shape index (κ1) is 19.0. The van der Waals surface area contributed by atoms with Gasteiger partial charge in [0.25, 0.3) is 5.91 Å². The standard InChI is InChI=1S/C13H13BrF3N5O3/c1-4-22-5-6(8(19-22)12(24)25-3)18-11(23)9-7(14)10(13(15,16)17)20-21(9)2/h5H,4H2,1-3H3,(H,18,23). The highest BCUT2D eigenvalue weighted by Crippen LogP contribution is 2.35. The summed E-state index contributed by atoms with van der Waals surface area (Å²) in [6.07, 6.45) is -3.35. The fourth-order valence-corrected chi connectivity index (χ4v) is 2.77. The highest BCUT2D eigenvalue weighted by atomic mass is 79.9. The number of carbonyl (C=O) groups excluding carboxylic acids is 2. The van der Waals surface area contributed by atoms with Crippen LogP contribution in [0.2, 0.25) is 0 Å². The van der Waals surface area contributed by atoms with Crippen LogP contribution in [0, 0.1) is 0 Å². The Bertz CT molecular complexity index is 828. The molecule has 8 nitrogen and oxygen atoms in total. The number of nitrogens with zero attached hydrogens (tertiary/aromatic N) is 4. The molecule has 0 atom stereocenters. The molecule has 0 saturated carbocycles. The van der Waals surface area contributed by atoms with E-state index < -0.39 is 28.2 Å². The van der Waals surface area contributed by atoms with Crippen molar-refractivity contribution in [2.75, 3.05) is 12.4 Å². The van der Waals surface area contributed by atoms with E-state index in [1.165, 1.54) is 17.9 Å². The van der Waals surface area contributed by atoms with Crippen molar-refractivity contribution >= 4 is 33.5 Å². The summed E-state index contributed by atoms with van der Waals surface area (Å²) in [4.78, 5) is 24.1. The van der Waals surface area contributed by atoms with Crippen LogP contribution in [0.4, 0.5) is 18.9 Å². The summed E-state index contributed by atoms with van der Waals surface area (Å²) in [5.74, 6) is -1.68. The van der Waals surface area contributed by atoms with Crippen LogP contribution >= 0.6 is 15.9 Å². The van der Waals surface area contributed by atoms with E-state index in [0.717, 1.165) is 11.8 Å². The van der Waals surface area contributed by atoms with Crippen LogP contribution < -0.4 is 5.32 Å². The molecular weight excluding hydrogens is 411 g/mol. The zero-order valence-corrected chi connectivity index (χ0v) is 14.9. The minimum atomic E-state index is -4.72. The van der Waals surface area contributed by atoms with E-state index in [2.05, 4.69) is 36.2 Å². The number of methoxy groups -OCH3 is 1. The van der Waals surface area contributed by atoms with Gasteiger partial charge in [0.05, 0.1) is 17.3 Å². The van der Waals surface area contributed by atoms with Crippen LogP contribution in [-0.2, 0) is 24.5 Å². The summed E-state index contributed by atoms with van der Waals surface area (Å²) in [5.41, 5.74) is -1.72. The number of anilines is 1. The highest BCUT2D eigenvalue weighted by molar-refractivity contribution is 9.10. The molecule has 0 fully saturated rings. The molecule has 0 bridgehead atoms. The van der Waals surface area contributed by atoms with Crippen molar-refractivity contribution in [3.05, 3.63) is 27.8 Å². The number of esters is 1. The zero-order chi connectivity index (χ0) is 18.9. The van der Waals surface area contributed by atoms with E-state index >= 15 is 0 Å². The zero-order valence-electron chi connectivity index (χ0n) is 13.3. The van der Waals surface area contributed by atoms with Gasteiger partial charge in [0.1, 0.15) is 5.69 Å². The van der Waals surface area contributed by atoms with Crippen LogP contribution in [0.3, 0.4) is 0 Å². The predicted octanol–water partition coefficient (Wildman–Crippen LogP) is 2.46. The Hall–Kier alpha value is -2.37. The number of halogens is 4. The fraction of sp³-hybridized carbons (Fsp3) is 0.385. The predicted molar refractivity (Wildman–Crippen MR) is 83.1 cm³/mol. The number of rotatable bonds is 4. The van der Waals surface area contributed by atoms with E-state index in [9.17, 15) is 22.8 Å². The fourth-order valence-electron chi connectivity index (χ4n) is 2.03. The van der Waals surface area contributed by atoms with Gasteiger partial charge in [0.2, 0.25) is 0 Å². The van der Waals surface area contributed by atoms with E-state index in [0.29, 0.717) is 6.54 Å². The SMILES string of the molecule is CCn1cc(NC(=O)c2c(Br)c(C(F)(F)F)nn2C)c(C(=O)OC)n1. The van der Waals surface area contributed by atoms with Crippen molar-refractivity contribution in [3.8, 4) is 0 Å². The Morgan fingerprint density at radius 1 is 1.36 bits per heavy atom. The molecule has 0 radical (unpaired) electrons. The van der Waals surface area contributed by atoms with Gasteiger partial charge in [-0.2, -0.15) is 23.4 Å². The highest BCUT2D eigenvalue weighted by Gasteiger charge is 2.39. The Labute approximate surface area is 148 Å².